The molecule has 94 valence electrons. The summed E-state index contributed by atoms with van der Waals surface area (Å²) in [5.41, 5.74) is -0.943. The Hall–Kier alpha value is -1.29. The molecule has 0 aliphatic rings. The average molecular weight is 260 g/mol. The summed E-state index contributed by atoms with van der Waals surface area (Å²) in [7, 11) is 1.52. The lowest BCUT2D eigenvalue weighted by Crippen LogP contribution is -2.46. The molecule has 1 rings (SSSR count). The fourth-order valence-electron chi connectivity index (χ4n) is 1.26. The molecule has 3 nitrogen and oxygen atoms in total. The minimum atomic E-state index is -0.743. The normalized spacial score (nSPS) is 11.4. The summed E-state index contributed by atoms with van der Waals surface area (Å²) >= 11 is 5.75. The van der Waals surface area contributed by atoms with Gasteiger partial charge in [-0.25, -0.2) is 4.39 Å². The van der Waals surface area contributed by atoms with Gasteiger partial charge < -0.3 is 10.0 Å². The van der Waals surface area contributed by atoms with E-state index in [0.717, 1.165) is 6.07 Å². The fraction of sp³-hybridized carbons (Fsp3) is 0.417. The first-order chi connectivity index (χ1) is 7.81. The van der Waals surface area contributed by atoms with Gasteiger partial charge >= 0.3 is 0 Å². The van der Waals surface area contributed by atoms with E-state index in [0.29, 0.717) is 0 Å². The second-order valence-corrected chi connectivity index (χ2v) is 4.71. The first-order valence-electron chi connectivity index (χ1n) is 5.13. The summed E-state index contributed by atoms with van der Waals surface area (Å²) < 4.78 is 13.5. The van der Waals surface area contributed by atoms with Gasteiger partial charge in [0.15, 0.2) is 0 Å². The number of carbonyl (C=O) groups excluding carboxylic acids is 1. The highest BCUT2D eigenvalue weighted by atomic mass is 35.5. The molecule has 0 atom stereocenters. The maximum absolute atomic E-state index is 13.5. The number of phenolic OH excluding ortho intramolecular Hbond substituents is 1. The van der Waals surface area contributed by atoms with Gasteiger partial charge in [0, 0.05) is 12.9 Å². The smallest absolute Gasteiger partial charge is 0.260 e. The lowest BCUT2D eigenvalue weighted by atomic mass is 10.0. The summed E-state index contributed by atoms with van der Waals surface area (Å²) in [6, 6.07) is 3.75. The van der Waals surface area contributed by atoms with Crippen LogP contribution in [0, 0.1) is 5.82 Å². The predicted octanol–water partition coefficient (Wildman–Crippen LogP) is 2.62. The van der Waals surface area contributed by atoms with Gasteiger partial charge in [0.25, 0.3) is 5.91 Å². The third-order valence-electron chi connectivity index (χ3n) is 2.75. The van der Waals surface area contributed by atoms with Crippen molar-refractivity contribution in [2.24, 2.45) is 0 Å². The van der Waals surface area contributed by atoms with E-state index in [1.54, 1.807) is 13.8 Å². The molecule has 1 aromatic carbocycles. The number of hydrogen-bond acceptors (Lipinski definition) is 2. The van der Waals surface area contributed by atoms with Crippen LogP contribution in [0.4, 0.5) is 4.39 Å². The Balaban J connectivity index is 3.14. The van der Waals surface area contributed by atoms with E-state index in [1.807, 2.05) is 0 Å². The van der Waals surface area contributed by atoms with Gasteiger partial charge in [0.2, 0.25) is 0 Å². The van der Waals surface area contributed by atoms with Gasteiger partial charge in [0.1, 0.15) is 17.1 Å². The largest absolute Gasteiger partial charge is 0.507 e. The van der Waals surface area contributed by atoms with Crippen LogP contribution < -0.4 is 0 Å². The second-order valence-electron chi connectivity index (χ2n) is 4.44. The van der Waals surface area contributed by atoms with E-state index in [4.69, 9.17) is 11.6 Å². The van der Waals surface area contributed by atoms with Crippen molar-refractivity contribution in [1.29, 1.82) is 0 Å². The van der Waals surface area contributed by atoms with Crippen molar-refractivity contribution >= 4 is 17.5 Å². The van der Waals surface area contributed by atoms with Gasteiger partial charge in [0.05, 0.1) is 5.54 Å². The van der Waals surface area contributed by atoms with Gasteiger partial charge in [-0.1, -0.05) is 6.07 Å². The van der Waals surface area contributed by atoms with Gasteiger partial charge in [-0.15, -0.1) is 11.6 Å². The highest BCUT2D eigenvalue weighted by Crippen LogP contribution is 2.24. The number of benzene rings is 1. The maximum atomic E-state index is 13.5. The number of amides is 1. The molecule has 1 amide bonds. The van der Waals surface area contributed by atoms with E-state index >= 15 is 0 Å². The van der Waals surface area contributed by atoms with E-state index in [-0.39, 0.29) is 17.2 Å². The van der Waals surface area contributed by atoms with E-state index < -0.39 is 17.3 Å². The van der Waals surface area contributed by atoms with Crippen LogP contribution in [0.15, 0.2) is 18.2 Å². The van der Waals surface area contributed by atoms with Crippen molar-refractivity contribution in [1.82, 2.24) is 4.90 Å². The molecule has 1 N–H and O–H groups in total. The molecule has 0 aliphatic carbocycles. The molecule has 0 fully saturated rings. The standard InChI is InChI=1S/C12H15ClFNO2/c1-12(2,7-13)15(3)11(17)10-8(14)5-4-6-9(10)16/h4-6,16H,7H2,1-3H3. The lowest BCUT2D eigenvalue weighted by molar-refractivity contribution is 0.0652. The Morgan fingerprint density at radius 1 is 1.53 bits per heavy atom. The number of carbonyl (C=O) groups is 1. The third-order valence-corrected chi connectivity index (χ3v) is 3.40. The topological polar surface area (TPSA) is 40.5 Å². The molecular formula is C12H15ClFNO2. The molecular weight excluding hydrogens is 245 g/mol. The van der Waals surface area contributed by atoms with Crippen molar-refractivity contribution in [2.75, 3.05) is 12.9 Å². The number of hydrogen-bond donors (Lipinski definition) is 1. The van der Waals surface area contributed by atoms with Gasteiger partial charge in [-0.05, 0) is 26.0 Å². The van der Waals surface area contributed by atoms with Crippen LogP contribution in [0.3, 0.4) is 0 Å². The molecule has 0 radical (unpaired) electrons. The summed E-state index contributed by atoms with van der Waals surface area (Å²) in [5, 5.41) is 9.53. The number of alkyl halides is 1. The van der Waals surface area contributed by atoms with Gasteiger partial charge in [-0.2, -0.15) is 0 Å². The monoisotopic (exact) mass is 259 g/mol. The van der Waals surface area contributed by atoms with Crippen LogP contribution in [-0.4, -0.2) is 34.4 Å². The lowest BCUT2D eigenvalue weighted by Gasteiger charge is -2.34. The van der Waals surface area contributed by atoms with Gasteiger partial charge in [-0.3, -0.25) is 4.79 Å². The Bertz CT molecular complexity index is 414. The molecule has 0 spiro atoms. The first kappa shape index (κ1) is 13.8. The van der Waals surface area contributed by atoms with Crippen molar-refractivity contribution in [2.45, 2.75) is 19.4 Å². The van der Waals surface area contributed by atoms with E-state index in [1.165, 1.54) is 24.1 Å². The van der Waals surface area contributed by atoms with Crippen molar-refractivity contribution < 1.29 is 14.3 Å². The Morgan fingerprint density at radius 3 is 2.59 bits per heavy atom. The van der Waals surface area contributed by atoms with E-state index in [9.17, 15) is 14.3 Å². The highest BCUT2D eigenvalue weighted by Gasteiger charge is 2.30. The molecule has 17 heavy (non-hydrogen) atoms. The minimum absolute atomic E-state index is 0.213. The number of halogens is 2. The molecule has 0 bridgehead atoms. The number of rotatable bonds is 3. The summed E-state index contributed by atoms with van der Waals surface area (Å²) in [6.45, 7) is 3.52. The minimum Gasteiger partial charge on any atom is -0.507 e. The fourth-order valence-corrected chi connectivity index (χ4v) is 1.44. The quantitative estimate of drug-likeness (QED) is 0.848. The van der Waals surface area contributed by atoms with Crippen molar-refractivity contribution in [3.05, 3.63) is 29.6 Å². The second kappa shape index (κ2) is 4.92. The summed E-state index contributed by atoms with van der Waals surface area (Å²) in [6.07, 6.45) is 0. The van der Waals surface area contributed by atoms with Crippen LogP contribution in [-0.2, 0) is 0 Å². The van der Waals surface area contributed by atoms with Crippen LogP contribution >= 0.6 is 11.6 Å². The predicted molar refractivity (Wildman–Crippen MR) is 65.0 cm³/mol. The molecule has 1 aromatic rings. The number of nitrogens with zero attached hydrogens (tertiary/aromatic N) is 1. The zero-order valence-electron chi connectivity index (χ0n) is 10.00. The molecule has 0 saturated carbocycles. The molecule has 5 heteroatoms. The Morgan fingerprint density at radius 2 is 2.12 bits per heavy atom. The van der Waals surface area contributed by atoms with Crippen LogP contribution in [0.2, 0.25) is 0 Å². The van der Waals surface area contributed by atoms with Crippen molar-refractivity contribution in [3.8, 4) is 5.75 Å². The number of aromatic hydroxyl groups is 1. The summed E-state index contributed by atoms with van der Waals surface area (Å²) in [5.74, 6) is -1.49. The average Bonchev–Trinajstić information content (AvgIpc) is 2.27. The Kier molecular flexibility index (Phi) is 3.98. The molecule has 0 saturated heterocycles. The third kappa shape index (κ3) is 2.69. The number of phenols is 1. The Labute approximate surface area is 105 Å². The SMILES string of the molecule is CN(C(=O)c1c(O)cccc1F)C(C)(C)CCl. The highest BCUT2D eigenvalue weighted by molar-refractivity contribution is 6.18. The van der Waals surface area contributed by atoms with Crippen LogP contribution in [0.5, 0.6) is 5.75 Å². The van der Waals surface area contributed by atoms with E-state index in [2.05, 4.69) is 0 Å². The first-order valence-corrected chi connectivity index (χ1v) is 5.66. The zero-order valence-corrected chi connectivity index (χ0v) is 10.8. The van der Waals surface area contributed by atoms with Crippen molar-refractivity contribution in [3.63, 3.8) is 0 Å². The molecule has 0 aromatic heterocycles. The summed E-state index contributed by atoms with van der Waals surface area (Å²) in [4.78, 5) is 13.4. The van der Waals surface area contributed by atoms with Crippen LogP contribution in [0.1, 0.15) is 24.2 Å². The maximum Gasteiger partial charge on any atom is 0.260 e. The molecule has 0 unspecified atom stereocenters. The molecule has 0 heterocycles. The van der Waals surface area contributed by atoms with Crippen LogP contribution in [0.25, 0.3) is 0 Å². The molecule has 0 aliphatic heterocycles. The zero-order chi connectivity index (χ0) is 13.2.